The van der Waals surface area contributed by atoms with Gasteiger partial charge in [0.2, 0.25) is 0 Å². The van der Waals surface area contributed by atoms with Crippen molar-refractivity contribution in [2.75, 3.05) is 31.5 Å². The topological polar surface area (TPSA) is 15.3 Å². The van der Waals surface area contributed by atoms with Crippen molar-refractivity contribution in [3.05, 3.63) is 29.8 Å². The van der Waals surface area contributed by atoms with Crippen molar-refractivity contribution in [2.24, 2.45) is 11.3 Å². The molecule has 2 nitrogen and oxygen atoms in total. The molecule has 4 rings (SSSR count). The number of nitrogens with zero attached hydrogens (tertiary/aromatic N) is 1. The fraction of sp³-hybridized carbons (Fsp3) is 0.684. The minimum absolute atomic E-state index is 0.758. The number of nitrogens with one attached hydrogen (secondary N) is 1. The molecule has 2 aliphatic heterocycles. The van der Waals surface area contributed by atoms with Crippen molar-refractivity contribution < 1.29 is 0 Å². The summed E-state index contributed by atoms with van der Waals surface area (Å²) in [5.74, 6) is 0.789. The Hall–Kier alpha value is -1.02. The first-order chi connectivity index (χ1) is 10.3. The Morgan fingerprint density at radius 1 is 1.05 bits per heavy atom. The summed E-state index contributed by atoms with van der Waals surface area (Å²) < 4.78 is 0. The van der Waals surface area contributed by atoms with Crippen LogP contribution in [0, 0.1) is 11.3 Å². The molecule has 2 heterocycles. The van der Waals surface area contributed by atoms with E-state index in [1.165, 1.54) is 75.8 Å². The summed E-state index contributed by atoms with van der Waals surface area (Å²) in [5, 5.41) is 3.62. The van der Waals surface area contributed by atoms with E-state index >= 15 is 0 Å². The Morgan fingerprint density at radius 2 is 1.81 bits per heavy atom. The van der Waals surface area contributed by atoms with Gasteiger partial charge in [0.25, 0.3) is 0 Å². The summed E-state index contributed by atoms with van der Waals surface area (Å²) in [6, 6.07) is 8.82. The maximum atomic E-state index is 3.62. The monoisotopic (exact) mass is 284 g/mol. The molecular formula is C19H28N2. The van der Waals surface area contributed by atoms with E-state index in [2.05, 4.69) is 34.5 Å². The predicted molar refractivity (Wildman–Crippen MR) is 88.7 cm³/mol. The van der Waals surface area contributed by atoms with Crippen molar-refractivity contribution in [1.29, 1.82) is 0 Å². The molecule has 1 aliphatic carbocycles. The number of fused-ring (bicyclic) bond motifs is 1. The van der Waals surface area contributed by atoms with E-state index in [0.717, 1.165) is 17.9 Å². The molecule has 1 saturated carbocycles. The lowest BCUT2D eigenvalue weighted by molar-refractivity contribution is 0.0967. The smallest absolute Gasteiger partial charge is 0.0372 e. The van der Waals surface area contributed by atoms with Crippen molar-refractivity contribution in [1.82, 2.24) is 4.90 Å². The molecule has 0 bridgehead atoms. The van der Waals surface area contributed by atoms with Crippen molar-refractivity contribution in [3.63, 3.8) is 0 Å². The van der Waals surface area contributed by atoms with Crippen LogP contribution >= 0.6 is 0 Å². The molecule has 1 unspecified atom stereocenters. The molecule has 0 amide bonds. The zero-order chi connectivity index (χ0) is 14.1. The van der Waals surface area contributed by atoms with Crippen LogP contribution in [0.5, 0.6) is 0 Å². The van der Waals surface area contributed by atoms with Crippen molar-refractivity contribution >= 4 is 5.69 Å². The highest BCUT2D eigenvalue weighted by atomic mass is 15.1. The Balaban J connectivity index is 1.32. The van der Waals surface area contributed by atoms with Gasteiger partial charge in [-0.3, -0.25) is 0 Å². The van der Waals surface area contributed by atoms with Gasteiger partial charge in [0.1, 0.15) is 0 Å². The standard InChI is InChI=1S/C19H28N2/c1-2-6-18-17(5-1)13-16(14-20-18)15-21-11-9-19(10-12-21)7-3-4-8-19/h1-2,5-6,16,20H,3-4,7-15H2. The molecule has 114 valence electrons. The van der Waals surface area contributed by atoms with Crippen LogP contribution in [0.15, 0.2) is 24.3 Å². The number of benzene rings is 1. The van der Waals surface area contributed by atoms with Gasteiger partial charge in [-0.15, -0.1) is 0 Å². The Bertz CT molecular complexity index is 480. The van der Waals surface area contributed by atoms with Gasteiger partial charge in [-0.25, -0.2) is 0 Å². The molecule has 1 spiro atoms. The number of likely N-dealkylation sites (tertiary alicyclic amines) is 1. The van der Waals surface area contributed by atoms with E-state index in [4.69, 9.17) is 0 Å². The number of piperidine rings is 1. The molecule has 3 aliphatic rings. The van der Waals surface area contributed by atoms with Gasteiger partial charge in [0.05, 0.1) is 0 Å². The van der Waals surface area contributed by atoms with E-state index in [-0.39, 0.29) is 0 Å². The average Bonchev–Trinajstić information content (AvgIpc) is 2.98. The molecular weight excluding hydrogens is 256 g/mol. The lowest BCUT2D eigenvalue weighted by atomic mass is 9.77. The summed E-state index contributed by atoms with van der Waals surface area (Å²) in [6.45, 7) is 5.13. The van der Waals surface area contributed by atoms with Crippen LogP contribution in [-0.2, 0) is 6.42 Å². The number of anilines is 1. The van der Waals surface area contributed by atoms with E-state index in [9.17, 15) is 0 Å². The molecule has 1 N–H and O–H groups in total. The molecule has 1 aromatic carbocycles. The maximum Gasteiger partial charge on any atom is 0.0372 e. The van der Waals surface area contributed by atoms with Crippen molar-refractivity contribution in [2.45, 2.75) is 44.9 Å². The van der Waals surface area contributed by atoms with Gasteiger partial charge in [-0.05, 0) is 68.2 Å². The van der Waals surface area contributed by atoms with Gasteiger partial charge < -0.3 is 10.2 Å². The lowest BCUT2D eigenvalue weighted by Crippen LogP contribution is -2.43. The maximum absolute atomic E-state index is 3.62. The van der Waals surface area contributed by atoms with Crippen LogP contribution in [0.4, 0.5) is 5.69 Å². The zero-order valence-electron chi connectivity index (χ0n) is 13.1. The highest BCUT2D eigenvalue weighted by Crippen LogP contribution is 2.46. The van der Waals surface area contributed by atoms with Gasteiger partial charge >= 0.3 is 0 Å². The highest BCUT2D eigenvalue weighted by molar-refractivity contribution is 5.53. The first-order valence-corrected chi connectivity index (χ1v) is 8.87. The molecule has 1 saturated heterocycles. The third kappa shape index (κ3) is 2.83. The number of rotatable bonds is 2. The fourth-order valence-electron chi connectivity index (χ4n) is 4.84. The van der Waals surface area contributed by atoms with Gasteiger partial charge in [-0.1, -0.05) is 31.0 Å². The second-order valence-corrected chi connectivity index (χ2v) is 7.62. The van der Waals surface area contributed by atoms with Crippen LogP contribution in [0.3, 0.4) is 0 Å². The second kappa shape index (κ2) is 5.64. The molecule has 1 atom stereocenters. The Morgan fingerprint density at radius 3 is 2.62 bits per heavy atom. The van der Waals surface area contributed by atoms with Gasteiger partial charge in [0.15, 0.2) is 0 Å². The Labute approximate surface area is 128 Å². The third-order valence-corrected chi connectivity index (χ3v) is 6.20. The van der Waals surface area contributed by atoms with E-state index in [1.54, 1.807) is 0 Å². The van der Waals surface area contributed by atoms with Gasteiger partial charge in [0, 0.05) is 18.8 Å². The van der Waals surface area contributed by atoms with Crippen LogP contribution in [0.25, 0.3) is 0 Å². The quantitative estimate of drug-likeness (QED) is 0.885. The SMILES string of the molecule is c1ccc2c(c1)CC(CN1CCC3(CCCC3)CC1)CN2. The largest absolute Gasteiger partial charge is 0.384 e. The summed E-state index contributed by atoms with van der Waals surface area (Å²) in [6.07, 6.45) is 10.2. The average molecular weight is 284 g/mol. The minimum atomic E-state index is 0.758. The van der Waals surface area contributed by atoms with Crippen molar-refractivity contribution in [3.8, 4) is 0 Å². The summed E-state index contributed by atoms with van der Waals surface area (Å²) in [5.41, 5.74) is 3.63. The second-order valence-electron chi connectivity index (χ2n) is 7.62. The van der Waals surface area contributed by atoms with Gasteiger partial charge in [-0.2, -0.15) is 0 Å². The number of para-hydroxylation sites is 1. The molecule has 0 aromatic heterocycles. The molecule has 1 aromatic rings. The molecule has 2 fully saturated rings. The van der Waals surface area contributed by atoms with Crippen LogP contribution in [-0.4, -0.2) is 31.1 Å². The third-order valence-electron chi connectivity index (χ3n) is 6.20. The first-order valence-electron chi connectivity index (χ1n) is 8.87. The van der Waals surface area contributed by atoms with E-state index in [0.29, 0.717) is 0 Å². The normalized spacial score (nSPS) is 28.3. The fourth-order valence-corrected chi connectivity index (χ4v) is 4.84. The van der Waals surface area contributed by atoms with Crippen LogP contribution in [0.2, 0.25) is 0 Å². The van der Waals surface area contributed by atoms with Crippen LogP contribution < -0.4 is 5.32 Å². The van der Waals surface area contributed by atoms with E-state index in [1.807, 2.05) is 0 Å². The molecule has 21 heavy (non-hydrogen) atoms. The van der Waals surface area contributed by atoms with Crippen LogP contribution in [0.1, 0.15) is 44.1 Å². The lowest BCUT2D eigenvalue weighted by Gasteiger charge is -2.41. The first kappa shape index (κ1) is 13.6. The molecule has 2 heteroatoms. The minimum Gasteiger partial charge on any atom is -0.384 e. The zero-order valence-corrected chi connectivity index (χ0v) is 13.1. The Kier molecular flexibility index (Phi) is 3.66. The molecule has 0 radical (unpaired) electrons. The number of hydrogen-bond acceptors (Lipinski definition) is 2. The summed E-state index contributed by atoms with van der Waals surface area (Å²) in [7, 11) is 0. The summed E-state index contributed by atoms with van der Waals surface area (Å²) in [4.78, 5) is 2.74. The van der Waals surface area contributed by atoms with E-state index < -0.39 is 0 Å². The predicted octanol–water partition coefficient (Wildman–Crippen LogP) is 3.93. The number of hydrogen-bond donors (Lipinski definition) is 1. The highest BCUT2D eigenvalue weighted by Gasteiger charge is 2.37. The summed E-state index contributed by atoms with van der Waals surface area (Å²) >= 11 is 0.